The van der Waals surface area contributed by atoms with Crippen LogP contribution in [0, 0.1) is 0 Å². The van der Waals surface area contributed by atoms with Crippen molar-refractivity contribution in [2.75, 3.05) is 6.54 Å². The normalized spacial score (nSPS) is 22.1. The van der Waals surface area contributed by atoms with E-state index in [2.05, 4.69) is 10.6 Å². The van der Waals surface area contributed by atoms with Gasteiger partial charge in [0, 0.05) is 17.6 Å². The minimum atomic E-state index is -0.230. The van der Waals surface area contributed by atoms with Gasteiger partial charge in [0.25, 0.3) is 5.91 Å². The summed E-state index contributed by atoms with van der Waals surface area (Å²) in [6, 6.07) is 9.32. The summed E-state index contributed by atoms with van der Waals surface area (Å²) < 4.78 is 0. The molecule has 20 heavy (non-hydrogen) atoms. The summed E-state index contributed by atoms with van der Waals surface area (Å²) in [6.07, 6.45) is 3.72. The van der Waals surface area contributed by atoms with Gasteiger partial charge in [-0.25, -0.2) is 0 Å². The first-order chi connectivity index (χ1) is 9.65. The third-order valence-corrected chi connectivity index (χ3v) is 3.58. The van der Waals surface area contributed by atoms with E-state index in [1.165, 1.54) is 0 Å². The van der Waals surface area contributed by atoms with Crippen LogP contribution in [0.2, 0.25) is 0 Å². The van der Waals surface area contributed by atoms with Crippen molar-refractivity contribution in [2.45, 2.75) is 37.8 Å². The molecule has 4 N–H and O–H groups in total. The molecule has 1 aromatic rings. The Morgan fingerprint density at radius 1 is 1.10 bits per heavy atom. The van der Waals surface area contributed by atoms with Crippen LogP contribution in [0.15, 0.2) is 30.3 Å². The van der Waals surface area contributed by atoms with Gasteiger partial charge < -0.3 is 16.4 Å². The summed E-state index contributed by atoms with van der Waals surface area (Å²) >= 11 is 0. The summed E-state index contributed by atoms with van der Waals surface area (Å²) in [5.41, 5.74) is 6.38. The molecule has 108 valence electrons. The van der Waals surface area contributed by atoms with Gasteiger partial charge in [-0.1, -0.05) is 18.2 Å². The van der Waals surface area contributed by atoms with Gasteiger partial charge in [0.1, 0.15) is 0 Å². The maximum absolute atomic E-state index is 11.8. The number of carbonyl (C=O) groups excluding carboxylic acids is 2. The zero-order valence-corrected chi connectivity index (χ0v) is 11.5. The first-order valence-electron chi connectivity index (χ1n) is 7.03. The minimum absolute atomic E-state index is 0.0102. The van der Waals surface area contributed by atoms with E-state index in [0.717, 1.165) is 25.7 Å². The predicted octanol–water partition coefficient (Wildman–Crippen LogP) is 0.802. The number of amides is 2. The van der Waals surface area contributed by atoms with Crippen molar-refractivity contribution < 1.29 is 9.59 Å². The Labute approximate surface area is 118 Å². The monoisotopic (exact) mass is 275 g/mol. The van der Waals surface area contributed by atoms with E-state index in [1.54, 1.807) is 24.3 Å². The lowest BCUT2D eigenvalue weighted by molar-refractivity contribution is -0.121. The van der Waals surface area contributed by atoms with Crippen LogP contribution in [0.5, 0.6) is 0 Å². The summed E-state index contributed by atoms with van der Waals surface area (Å²) in [5, 5.41) is 5.56. The van der Waals surface area contributed by atoms with Crippen LogP contribution in [-0.4, -0.2) is 30.4 Å². The first kappa shape index (κ1) is 14.5. The maximum atomic E-state index is 11.8. The highest BCUT2D eigenvalue weighted by atomic mass is 16.2. The van der Waals surface area contributed by atoms with E-state index < -0.39 is 0 Å². The topological polar surface area (TPSA) is 84.2 Å². The molecule has 0 radical (unpaired) electrons. The lowest BCUT2D eigenvalue weighted by atomic mass is 9.92. The molecule has 1 saturated carbocycles. The molecule has 0 aliphatic heterocycles. The first-order valence-corrected chi connectivity index (χ1v) is 7.03. The molecule has 0 unspecified atom stereocenters. The van der Waals surface area contributed by atoms with Gasteiger partial charge in [-0.3, -0.25) is 9.59 Å². The SMILES string of the molecule is NC1CCC(NC(=O)CNC(=O)c2ccccc2)CC1. The number of nitrogens with one attached hydrogen (secondary N) is 2. The third-order valence-electron chi connectivity index (χ3n) is 3.58. The molecule has 1 fully saturated rings. The van der Waals surface area contributed by atoms with Crippen molar-refractivity contribution >= 4 is 11.8 Å². The van der Waals surface area contributed by atoms with Crippen molar-refractivity contribution in [1.82, 2.24) is 10.6 Å². The van der Waals surface area contributed by atoms with Gasteiger partial charge in [0.05, 0.1) is 6.54 Å². The fraction of sp³-hybridized carbons (Fsp3) is 0.467. The van der Waals surface area contributed by atoms with Crippen LogP contribution in [-0.2, 0) is 4.79 Å². The number of nitrogens with two attached hydrogens (primary N) is 1. The number of hydrogen-bond donors (Lipinski definition) is 3. The molecular weight excluding hydrogens is 254 g/mol. The second kappa shape index (κ2) is 7.05. The largest absolute Gasteiger partial charge is 0.352 e. The molecule has 0 bridgehead atoms. The highest BCUT2D eigenvalue weighted by molar-refractivity contribution is 5.96. The number of carbonyl (C=O) groups is 2. The lowest BCUT2D eigenvalue weighted by Gasteiger charge is -2.26. The Balaban J connectivity index is 1.71. The fourth-order valence-corrected chi connectivity index (χ4v) is 2.39. The van der Waals surface area contributed by atoms with Crippen LogP contribution >= 0.6 is 0 Å². The second-order valence-corrected chi connectivity index (χ2v) is 5.23. The molecule has 2 amide bonds. The van der Waals surface area contributed by atoms with Crippen molar-refractivity contribution in [1.29, 1.82) is 0 Å². The molecule has 2 rings (SSSR count). The summed E-state index contributed by atoms with van der Waals surface area (Å²) in [7, 11) is 0. The van der Waals surface area contributed by atoms with Gasteiger partial charge in [-0.05, 0) is 37.8 Å². The summed E-state index contributed by atoms with van der Waals surface area (Å²) in [5.74, 6) is -0.374. The molecule has 5 nitrogen and oxygen atoms in total. The van der Waals surface area contributed by atoms with Gasteiger partial charge >= 0.3 is 0 Å². The zero-order valence-electron chi connectivity index (χ0n) is 11.5. The molecular formula is C15H21N3O2. The average molecular weight is 275 g/mol. The van der Waals surface area contributed by atoms with Crippen molar-refractivity contribution in [3.8, 4) is 0 Å². The number of hydrogen-bond acceptors (Lipinski definition) is 3. The molecule has 1 aromatic carbocycles. The molecule has 5 heteroatoms. The number of benzene rings is 1. The summed E-state index contributed by atoms with van der Waals surface area (Å²) in [4.78, 5) is 23.5. The quantitative estimate of drug-likeness (QED) is 0.760. The van der Waals surface area contributed by atoms with Crippen LogP contribution in [0.25, 0.3) is 0 Å². The van der Waals surface area contributed by atoms with Crippen LogP contribution in [0.1, 0.15) is 36.0 Å². The highest BCUT2D eigenvalue weighted by Gasteiger charge is 2.20. The van der Waals surface area contributed by atoms with Crippen molar-refractivity contribution in [2.24, 2.45) is 5.73 Å². The summed E-state index contributed by atoms with van der Waals surface area (Å²) in [6.45, 7) is 0.0102. The molecule has 1 aliphatic carbocycles. The van der Waals surface area contributed by atoms with E-state index in [-0.39, 0.29) is 30.4 Å². The predicted molar refractivity (Wildman–Crippen MR) is 77.1 cm³/mol. The molecule has 0 heterocycles. The Kier molecular flexibility index (Phi) is 5.12. The zero-order chi connectivity index (χ0) is 14.4. The van der Waals surface area contributed by atoms with Gasteiger partial charge in [-0.15, -0.1) is 0 Å². The Hall–Kier alpha value is -1.88. The molecule has 0 spiro atoms. The van der Waals surface area contributed by atoms with Crippen LogP contribution in [0.3, 0.4) is 0 Å². The third kappa shape index (κ3) is 4.35. The lowest BCUT2D eigenvalue weighted by Crippen LogP contribution is -2.44. The smallest absolute Gasteiger partial charge is 0.251 e. The van der Waals surface area contributed by atoms with E-state index in [0.29, 0.717) is 5.56 Å². The Morgan fingerprint density at radius 3 is 2.40 bits per heavy atom. The van der Waals surface area contributed by atoms with E-state index in [1.807, 2.05) is 6.07 Å². The fourth-order valence-electron chi connectivity index (χ4n) is 2.39. The molecule has 0 saturated heterocycles. The standard InChI is InChI=1S/C15H21N3O2/c16-12-6-8-13(9-7-12)18-14(19)10-17-15(20)11-4-2-1-3-5-11/h1-5,12-13H,6-10,16H2,(H,17,20)(H,18,19). The van der Waals surface area contributed by atoms with E-state index in [9.17, 15) is 9.59 Å². The van der Waals surface area contributed by atoms with E-state index >= 15 is 0 Å². The second-order valence-electron chi connectivity index (χ2n) is 5.23. The van der Waals surface area contributed by atoms with E-state index in [4.69, 9.17) is 5.73 Å². The molecule has 1 aliphatic rings. The number of rotatable bonds is 4. The highest BCUT2D eigenvalue weighted by Crippen LogP contribution is 2.16. The molecule has 0 atom stereocenters. The minimum Gasteiger partial charge on any atom is -0.352 e. The Morgan fingerprint density at radius 2 is 1.75 bits per heavy atom. The van der Waals surface area contributed by atoms with Crippen molar-refractivity contribution in [3.63, 3.8) is 0 Å². The maximum Gasteiger partial charge on any atom is 0.251 e. The van der Waals surface area contributed by atoms with Crippen LogP contribution < -0.4 is 16.4 Å². The van der Waals surface area contributed by atoms with Crippen molar-refractivity contribution in [3.05, 3.63) is 35.9 Å². The average Bonchev–Trinajstić information content (AvgIpc) is 2.48. The Bertz CT molecular complexity index is 453. The van der Waals surface area contributed by atoms with Gasteiger partial charge in [0.15, 0.2) is 0 Å². The van der Waals surface area contributed by atoms with Gasteiger partial charge in [-0.2, -0.15) is 0 Å². The van der Waals surface area contributed by atoms with Crippen LogP contribution in [0.4, 0.5) is 0 Å². The molecule has 0 aromatic heterocycles. The van der Waals surface area contributed by atoms with Gasteiger partial charge in [0.2, 0.25) is 5.91 Å².